The van der Waals surface area contributed by atoms with E-state index in [9.17, 15) is 18.3 Å². The second-order valence-electron chi connectivity index (χ2n) is 11.8. The molecule has 0 unspecified atom stereocenters. The fourth-order valence-electron chi connectivity index (χ4n) is 6.21. The fraction of sp³-hybridized carbons (Fsp3) is 0.387. The van der Waals surface area contributed by atoms with E-state index in [2.05, 4.69) is 30.2 Å². The predicted octanol–water partition coefficient (Wildman–Crippen LogP) is 6.57. The SMILES string of the molecule is Cc1c(C2=CCC(C)(C)CC2)c(CC(=O)O)c(C)c2c1-c1cnc(Nc3cccnc3)cc1[C@@H](C)N2S(C)(=O)=O. The van der Waals surface area contributed by atoms with Crippen LogP contribution in [-0.4, -0.2) is 35.7 Å². The Morgan fingerprint density at radius 1 is 1.20 bits per heavy atom. The first-order valence-electron chi connectivity index (χ1n) is 13.5. The van der Waals surface area contributed by atoms with Crippen molar-refractivity contribution in [3.63, 3.8) is 0 Å². The molecule has 1 aromatic carbocycles. The van der Waals surface area contributed by atoms with Gasteiger partial charge in [0.25, 0.3) is 0 Å². The van der Waals surface area contributed by atoms with Gasteiger partial charge in [0.05, 0.1) is 36.3 Å². The van der Waals surface area contributed by atoms with Crippen LogP contribution >= 0.6 is 0 Å². The van der Waals surface area contributed by atoms with Crippen LogP contribution in [0.4, 0.5) is 17.2 Å². The molecular formula is C31H36N4O4S. The van der Waals surface area contributed by atoms with E-state index in [4.69, 9.17) is 4.98 Å². The maximum atomic E-state index is 13.4. The second-order valence-corrected chi connectivity index (χ2v) is 13.6. The van der Waals surface area contributed by atoms with Gasteiger partial charge in [-0.15, -0.1) is 0 Å². The highest BCUT2D eigenvalue weighted by Gasteiger charge is 2.39. The van der Waals surface area contributed by atoms with Crippen LogP contribution < -0.4 is 9.62 Å². The number of carboxylic acids is 1. The molecule has 3 aromatic rings. The number of fused-ring (bicyclic) bond motifs is 3. The highest BCUT2D eigenvalue weighted by atomic mass is 32.2. The third-order valence-electron chi connectivity index (χ3n) is 8.24. The van der Waals surface area contributed by atoms with Gasteiger partial charge in [0.2, 0.25) is 10.0 Å². The second kappa shape index (κ2) is 10.0. The molecule has 210 valence electrons. The summed E-state index contributed by atoms with van der Waals surface area (Å²) in [5.74, 6) is -0.354. The molecule has 0 bridgehead atoms. The minimum Gasteiger partial charge on any atom is -0.481 e. The number of benzene rings is 1. The zero-order valence-electron chi connectivity index (χ0n) is 23.9. The molecule has 0 amide bonds. The van der Waals surface area contributed by atoms with Crippen molar-refractivity contribution >= 4 is 38.8 Å². The normalized spacial score (nSPS) is 18.0. The molecule has 3 heterocycles. The minimum absolute atomic E-state index is 0.179. The minimum atomic E-state index is -3.72. The van der Waals surface area contributed by atoms with Crippen LogP contribution in [0.2, 0.25) is 0 Å². The third kappa shape index (κ3) is 4.98. The van der Waals surface area contributed by atoms with Crippen molar-refractivity contribution in [3.8, 4) is 11.1 Å². The summed E-state index contributed by atoms with van der Waals surface area (Å²) in [5.41, 5.74) is 8.32. The molecule has 1 aliphatic heterocycles. The van der Waals surface area contributed by atoms with E-state index in [1.807, 2.05) is 39.0 Å². The summed E-state index contributed by atoms with van der Waals surface area (Å²) in [5, 5.41) is 13.2. The van der Waals surface area contributed by atoms with Crippen molar-refractivity contribution < 1.29 is 18.3 Å². The quantitative estimate of drug-likeness (QED) is 0.351. The van der Waals surface area contributed by atoms with E-state index in [0.29, 0.717) is 22.6 Å². The lowest BCUT2D eigenvalue weighted by molar-refractivity contribution is -0.136. The van der Waals surface area contributed by atoms with Gasteiger partial charge in [0.15, 0.2) is 0 Å². The number of nitrogens with one attached hydrogen (secondary N) is 1. The zero-order valence-corrected chi connectivity index (χ0v) is 24.7. The lowest BCUT2D eigenvalue weighted by atomic mass is 9.73. The molecule has 2 aliphatic rings. The van der Waals surface area contributed by atoms with Crippen LogP contribution in [0.5, 0.6) is 0 Å². The number of aliphatic carboxylic acids is 1. The molecular weight excluding hydrogens is 524 g/mol. The molecule has 0 radical (unpaired) electrons. The molecule has 2 N–H and O–H groups in total. The van der Waals surface area contributed by atoms with Gasteiger partial charge >= 0.3 is 5.97 Å². The van der Waals surface area contributed by atoms with Gasteiger partial charge < -0.3 is 10.4 Å². The molecule has 40 heavy (non-hydrogen) atoms. The largest absolute Gasteiger partial charge is 0.481 e. The first-order valence-corrected chi connectivity index (χ1v) is 15.4. The number of anilines is 3. The van der Waals surface area contributed by atoms with Crippen LogP contribution in [0.1, 0.15) is 73.9 Å². The molecule has 1 aliphatic carbocycles. The van der Waals surface area contributed by atoms with Gasteiger partial charge in [-0.25, -0.2) is 13.4 Å². The Morgan fingerprint density at radius 2 is 1.95 bits per heavy atom. The first-order chi connectivity index (χ1) is 18.8. The smallest absolute Gasteiger partial charge is 0.307 e. The number of allylic oxidation sites excluding steroid dienone is 2. The molecule has 1 atom stereocenters. The van der Waals surface area contributed by atoms with Crippen molar-refractivity contribution in [2.75, 3.05) is 15.9 Å². The summed E-state index contributed by atoms with van der Waals surface area (Å²) in [6, 6.07) is 5.09. The summed E-state index contributed by atoms with van der Waals surface area (Å²) in [6.45, 7) is 10.2. The number of hydrogen-bond acceptors (Lipinski definition) is 6. The van der Waals surface area contributed by atoms with Crippen molar-refractivity contribution in [2.24, 2.45) is 5.41 Å². The summed E-state index contributed by atoms with van der Waals surface area (Å²) in [6.07, 6.45) is 11.2. The number of carbonyl (C=O) groups is 1. The fourth-order valence-corrected chi connectivity index (χ4v) is 7.46. The number of rotatable bonds is 6. The Morgan fingerprint density at radius 3 is 2.55 bits per heavy atom. The Labute approximate surface area is 236 Å². The number of nitrogens with zero attached hydrogens (tertiary/aromatic N) is 3. The Kier molecular flexibility index (Phi) is 6.98. The zero-order chi connectivity index (χ0) is 29.0. The predicted molar refractivity (Wildman–Crippen MR) is 159 cm³/mol. The number of hydrogen-bond donors (Lipinski definition) is 2. The topological polar surface area (TPSA) is 112 Å². The highest BCUT2D eigenvalue weighted by molar-refractivity contribution is 7.92. The monoisotopic (exact) mass is 560 g/mol. The molecule has 0 spiro atoms. The van der Waals surface area contributed by atoms with Crippen LogP contribution in [0.15, 0.2) is 42.9 Å². The van der Waals surface area contributed by atoms with Crippen LogP contribution in [0, 0.1) is 19.3 Å². The van der Waals surface area contributed by atoms with E-state index in [1.165, 1.54) is 10.6 Å². The summed E-state index contributed by atoms with van der Waals surface area (Å²) in [7, 11) is -3.72. The molecule has 2 aromatic heterocycles. The Bertz CT molecular complexity index is 1650. The molecule has 0 saturated carbocycles. The molecule has 8 nitrogen and oxygen atoms in total. The maximum Gasteiger partial charge on any atom is 0.307 e. The van der Waals surface area contributed by atoms with Gasteiger partial charge in [0, 0.05) is 23.5 Å². The van der Waals surface area contributed by atoms with E-state index in [-0.39, 0.29) is 11.8 Å². The van der Waals surface area contributed by atoms with Crippen LogP contribution in [0.25, 0.3) is 16.7 Å². The van der Waals surface area contributed by atoms with Gasteiger partial charge in [0.1, 0.15) is 5.82 Å². The van der Waals surface area contributed by atoms with Crippen molar-refractivity contribution in [3.05, 3.63) is 70.7 Å². The lowest BCUT2D eigenvalue weighted by Crippen LogP contribution is -2.37. The summed E-state index contributed by atoms with van der Waals surface area (Å²) >= 11 is 0. The number of sulfonamides is 1. The van der Waals surface area contributed by atoms with Crippen LogP contribution in [-0.2, 0) is 21.2 Å². The van der Waals surface area contributed by atoms with Gasteiger partial charge in [-0.1, -0.05) is 19.9 Å². The Hall–Kier alpha value is -3.72. The van der Waals surface area contributed by atoms with Crippen molar-refractivity contribution in [2.45, 2.75) is 66.3 Å². The summed E-state index contributed by atoms with van der Waals surface area (Å²) in [4.78, 5) is 20.9. The average Bonchev–Trinajstić information content (AvgIpc) is 2.87. The van der Waals surface area contributed by atoms with Gasteiger partial charge in [-0.2, -0.15) is 0 Å². The van der Waals surface area contributed by atoms with Crippen molar-refractivity contribution in [1.82, 2.24) is 9.97 Å². The maximum absolute atomic E-state index is 13.4. The molecule has 5 rings (SSSR count). The highest BCUT2D eigenvalue weighted by Crippen LogP contribution is 2.53. The standard InChI is InChI=1S/C31H36N4O4S/c1-18-23(15-27(36)37)28(21-9-11-31(4,5)12-10-21)19(2)29-25-17-33-26(34-22-8-7-13-32-16-22)14-24(25)20(3)35(30(18)29)40(6,38)39/h7-9,13-14,16-17,20H,10-12,15H2,1-6H3,(H,33,34)(H,36,37)/t20-/m1/s1. The molecule has 0 saturated heterocycles. The van der Waals surface area contributed by atoms with Crippen molar-refractivity contribution in [1.29, 1.82) is 0 Å². The number of carboxylic acid groups (broad SMARTS) is 1. The van der Waals surface area contributed by atoms with Gasteiger partial charge in [-0.3, -0.25) is 14.1 Å². The Balaban J connectivity index is 1.79. The number of aromatic nitrogens is 2. The third-order valence-corrected chi connectivity index (χ3v) is 9.45. The lowest BCUT2D eigenvalue weighted by Gasteiger charge is -2.40. The van der Waals surface area contributed by atoms with E-state index in [0.717, 1.165) is 58.3 Å². The van der Waals surface area contributed by atoms with E-state index >= 15 is 0 Å². The molecule has 9 heteroatoms. The van der Waals surface area contributed by atoms with E-state index in [1.54, 1.807) is 18.6 Å². The number of pyridine rings is 2. The summed E-state index contributed by atoms with van der Waals surface area (Å²) < 4.78 is 28.2. The first kappa shape index (κ1) is 27.8. The average molecular weight is 561 g/mol. The van der Waals surface area contributed by atoms with Gasteiger partial charge in [-0.05, 0) is 97.0 Å². The van der Waals surface area contributed by atoms with E-state index < -0.39 is 22.0 Å². The van der Waals surface area contributed by atoms with Crippen LogP contribution in [0.3, 0.4) is 0 Å². The molecule has 0 fully saturated rings.